The molecule has 0 bridgehead atoms. The minimum Gasteiger partial charge on any atom is -0.497 e. The van der Waals surface area contributed by atoms with Crippen molar-refractivity contribution in [3.8, 4) is 11.5 Å². The SMILES string of the molecule is COc1ccc(OC)c(C2C(=O)N(C3CCC(C)CC3)CC(=O)N2Cc2ccc(F)cc2)c1. The van der Waals surface area contributed by atoms with Crippen LogP contribution in [-0.2, 0) is 16.1 Å². The highest BCUT2D eigenvalue weighted by atomic mass is 19.1. The minimum atomic E-state index is -0.847. The Hall–Kier alpha value is -3.09. The quantitative estimate of drug-likeness (QED) is 0.652. The zero-order valence-electron chi connectivity index (χ0n) is 19.4. The van der Waals surface area contributed by atoms with Crippen molar-refractivity contribution in [3.63, 3.8) is 0 Å². The number of halogens is 1. The van der Waals surface area contributed by atoms with Gasteiger partial charge in [0.2, 0.25) is 5.91 Å². The summed E-state index contributed by atoms with van der Waals surface area (Å²) in [5, 5.41) is 0. The lowest BCUT2D eigenvalue weighted by Crippen LogP contribution is -2.58. The minimum absolute atomic E-state index is 0.0574. The van der Waals surface area contributed by atoms with Crippen LogP contribution in [0.4, 0.5) is 4.39 Å². The van der Waals surface area contributed by atoms with E-state index in [0.717, 1.165) is 31.2 Å². The lowest BCUT2D eigenvalue weighted by molar-refractivity contribution is -0.160. The number of carbonyl (C=O) groups excluding carboxylic acids is 2. The molecule has 176 valence electrons. The Bertz CT molecular complexity index is 1000. The monoisotopic (exact) mass is 454 g/mol. The maximum atomic E-state index is 14.0. The molecule has 0 radical (unpaired) electrons. The van der Waals surface area contributed by atoms with Crippen molar-refractivity contribution < 1.29 is 23.5 Å². The molecule has 2 aromatic rings. The van der Waals surface area contributed by atoms with E-state index >= 15 is 0 Å². The number of rotatable bonds is 6. The number of benzene rings is 2. The summed E-state index contributed by atoms with van der Waals surface area (Å²) in [5.41, 5.74) is 1.34. The third-order valence-electron chi connectivity index (χ3n) is 6.88. The molecule has 1 unspecified atom stereocenters. The van der Waals surface area contributed by atoms with Crippen molar-refractivity contribution in [1.82, 2.24) is 9.80 Å². The number of nitrogens with zero attached hydrogens (tertiary/aromatic N) is 2. The van der Waals surface area contributed by atoms with Gasteiger partial charge in [-0.1, -0.05) is 19.1 Å². The smallest absolute Gasteiger partial charge is 0.250 e. The summed E-state index contributed by atoms with van der Waals surface area (Å²) < 4.78 is 24.4. The van der Waals surface area contributed by atoms with Gasteiger partial charge in [0.05, 0.1) is 14.2 Å². The molecule has 4 rings (SSSR count). The first-order valence-corrected chi connectivity index (χ1v) is 11.5. The van der Waals surface area contributed by atoms with Crippen LogP contribution in [0.1, 0.15) is 49.8 Å². The van der Waals surface area contributed by atoms with E-state index in [0.29, 0.717) is 23.0 Å². The maximum absolute atomic E-state index is 14.0. The van der Waals surface area contributed by atoms with Gasteiger partial charge in [0.25, 0.3) is 5.91 Å². The van der Waals surface area contributed by atoms with E-state index < -0.39 is 6.04 Å². The summed E-state index contributed by atoms with van der Waals surface area (Å²) in [7, 11) is 3.11. The fourth-order valence-electron chi connectivity index (χ4n) is 4.93. The molecule has 2 aliphatic rings. The Kier molecular flexibility index (Phi) is 6.86. The van der Waals surface area contributed by atoms with E-state index in [1.807, 2.05) is 0 Å². The molecule has 1 aliphatic heterocycles. The standard InChI is InChI=1S/C26H31FN2O4/c1-17-4-10-20(11-5-17)28-16-24(30)29(15-18-6-8-19(27)9-7-18)25(26(28)31)22-14-21(32-2)12-13-23(22)33-3/h6-9,12-14,17,20,25H,4-5,10-11,15-16H2,1-3H3. The highest BCUT2D eigenvalue weighted by Crippen LogP contribution is 2.39. The van der Waals surface area contributed by atoms with Crippen LogP contribution in [0.15, 0.2) is 42.5 Å². The lowest BCUT2D eigenvalue weighted by atomic mass is 9.85. The van der Waals surface area contributed by atoms with Gasteiger partial charge in [-0.2, -0.15) is 0 Å². The predicted molar refractivity (Wildman–Crippen MR) is 122 cm³/mol. The zero-order valence-corrected chi connectivity index (χ0v) is 19.4. The molecule has 1 saturated heterocycles. The Labute approximate surface area is 194 Å². The summed E-state index contributed by atoms with van der Waals surface area (Å²) in [6, 6.07) is 10.5. The number of methoxy groups -OCH3 is 2. The summed E-state index contributed by atoms with van der Waals surface area (Å²) >= 11 is 0. The van der Waals surface area contributed by atoms with E-state index in [-0.39, 0.29) is 36.8 Å². The van der Waals surface area contributed by atoms with Gasteiger partial charge in [-0.05, 0) is 67.5 Å². The third kappa shape index (κ3) is 4.82. The van der Waals surface area contributed by atoms with Gasteiger partial charge in [-0.25, -0.2) is 4.39 Å². The topological polar surface area (TPSA) is 59.1 Å². The van der Waals surface area contributed by atoms with Gasteiger partial charge in [0.1, 0.15) is 29.9 Å². The molecule has 0 spiro atoms. The van der Waals surface area contributed by atoms with E-state index in [2.05, 4.69) is 6.92 Å². The molecule has 2 amide bonds. The van der Waals surface area contributed by atoms with Crippen LogP contribution >= 0.6 is 0 Å². The van der Waals surface area contributed by atoms with Gasteiger partial charge >= 0.3 is 0 Å². The molecule has 0 aromatic heterocycles. The number of piperazine rings is 1. The Morgan fingerprint density at radius 1 is 0.970 bits per heavy atom. The average Bonchev–Trinajstić information content (AvgIpc) is 2.83. The fraction of sp³-hybridized carbons (Fsp3) is 0.462. The molecule has 1 saturated carbocycles. The maximum Gasteiger partial charge on any atom is 0.250 e. The molecule has 6 nitrogen and oxygen atoms in total. The van der Waals surface area contributed by atoms with E-state index in [1.165, 1.54) is 12.1 Å². The highest BCUT2D eigenvalue weighted by Gasteiger charge is 2.44. The Balaban J connectivity index is 1.73. The van der Waals surface area contributed by atoms with Crippen molar-refractivity contribution in [2.24, 2.45) is 5.92 Å². The van der Waals surface area contributed by atoms with Gasteiger partial charge < -0.3 is 19.3 Å². The van der Waals surface area contributed by atoms with Crippen LogP contribution in [0.5, 0.6) is 11.5 Å². The Morgan fingerprint density at radius 2 is 1.67 bits per heavy atom. The Morgan fingerprint density at radius 3 is 2.30 bits per heavy atom. The third-order valence-corrected chi connectivity index (χ3v) is 6.88. The van der Waals surface area contributed by atoms with Gasteiger partial charge in [0.15, 0.2) is 0 Å². The van der Waals surface area contributed by atoms with Crippen LogP contribution in [0.2, 0.25) is 0 Å². The summed E-state index contributed by atoms with van der Waals surface area (Å²) in [6.07, 6.45) is 3.91. The molecule has 33 heavy (non-hydrogen) atoms. The molecule has 1 heterocycles. The van der Waals surface area contributed by atoms with Crippen LogP contribution in [0.3, 0.4) is 0 Å². The van der Waals surface area contributed by atoms with Gasteiger partial charge in [0, 0.05) is 18.2 Å². The summed E-state index contributed by atoms with van der Waals surface area (Å²) in [4.78, 5) is 30.7. The van der Waals surface area contributed by atoms with Crippen molar-refractivity contribution >= 4 is 11.8 Å². The first-order valence-electron chi connectivity index (χ1n) is 11.5. The van der Waals surface area contributed by atoms with E-state index in [4.69, 9.17) is 9.47 Å². The summed E-state index contributed by atoms with van der Waals surface area (Å²) in [6.45, 7) is 2.49. The molecular formula is C26H31FN2O4. The average molecular weight is 455 g/mol. The van der Waals surface area contributed by atoms with Crippen molar-refractivity contribution in [3.05, 3.63) is 59.4 Å². The second-order valence-electron chi connectivity index (χ2n) is 9.04. The van der Waals surface area contributed by atoms with Crippen LogP contribution in [0.25, 0.3) is 0 Å². The molecule has 2 fully saturated rings. The number of amides is 2. The molecule has 1 aliphatic carbocycles. The van der Waals surface area contributed by atoms with Gasteiger partial charge in [-0.15, -0.1) is 0 Å². The number of hydrogen-bond donors (Lipinski definition) is 0. The number of carbonyl (C=O) groups is 2. The zero-order chi connectivity index (χ0) is 23.5. The summed E-state index contributed by atoms with van der Waals surface area (Å²) in [5.74, 6) is 1.15. The normalized spacial score (nSPS) is 23.6. The van der Waals surface area contributed by atoms with Crippen molar-refractivity contribution in [1.29, 1.82) is 0 Å². The molecule has 0 N–H and O–H groups in total. The van der Waals surface area contributed by atoms with Crippen LogP contribution in [0, 0.1) is 11.7 Å². The first-order chi connectivity index (χ1) is 15.9. The predicted octanol–water partition coefficient (Wildman–Crippen LogP) is 4.33. The van der Waals surface area contributed by atoms with Crippen LogP contribution in [-0.4, -0.2) is 48.4 Å². The number of hydrogen-bond acceptors (Lipinski definition) is 4. The number of ether oxygens (including phenoxy) is 2. The lowest BCUT2D eigenvalue weighted by Gasteiger charge is -2.45. The second kappa shape index (κ2) is 9.81. The van der Waals surface area contributed by atoms with E-state index in [1.54, 1.807) is 54.4 Å². The molecule has 2 aromatic carbocycles. The molecular weight excluding hydrogens is 423 g/mol. The molecule has 1 atom stereocenters. The second-order valence-corrected chi connectivity index (χ2v) is 9.04. The molecule has 7 heteroatoms. The highest BCUT2D eigenvalue weighted by molar-refractivity contribution is 5.96. The largest absolute Gasteiger partial charge is 0.497 e. The van der Waals surface area contributed by atoms with Crippen molar-refractivity contribution in [2.75, 3.05) is 20.8 Å². The van der Waals surface area contributed by atoms with E-state index in [9.17, 15) is 14.0 Å². The first kappa shape index (κ1) is 23.1. The fourth-order valence-corrected chi connectivity index (χ4v) is 4.93. The van der Waals surface area contributed by atoms with Crippen LogP contribution < -0.4 is 9.47 Å². The van der Waals surface area contributed by atoms with Crippen molar-refractivity contribution in [2.45, 2.75) is 51.2 Å². The van der Waals surface area contributed by atoms with Gasteiger partial charge in [-0.3, -0.25) is 9.59 Å².